The molecule has 1 aromatic rings. The van der Waals surface area contributed by atoms with Gasteiger partial charge >= 0.3 is 0 Å². The number of aryl methyl sites for hydroxylation is 2. The van der Waals surface area contributed by atoms with Crippen LogP contribution >= 0.6 is 11.8 Å². The number of hydrogen-bond acceptors (Lipinski definition) is 7. The molecule has 0 aliphatic heterocycles. The van der Waals surface area contributed by atoms with Crippen LogP contribution < -0.4 is 21.3 Å². The Morgan fingerprint density at radius 3 is 1.96 bits per heavy atom. The molecule has 0 saturated carbocycles. The van der Waals surface area contributed by atoms with E-state index in [9.17, 15) is 24.3 Å². The molecule has 0 saturated heterocycles. The van der Waals surface area contributed by atoms with Crippen molar-refractivity contribution in [2.75, 3.05) is 18.6 Å². The van der Waals surface area contributed by atoms with Crippen molar-refractivity contribution in [2.24, 2.45) is 35.5 Å². The van der Waals surface area contributed by atoms with Gasteiger partial charge in [-0.05, 0) is 74.9 Å². The molecule has 0 aliphatic carbocycles. The fourth-order valence-corrected chi connectivity index (χ4v) is 5.88. The van der Waals surface area contributed by atoms with Gasteiger partial charge in [-0.2, -0.15) is 16.9 Å². The Morgan fingerprint density at radius 2 is 1.47 bits per heavy atom. The number of aromatic nitrogens is 2. The number of carbonyl (C=O) groups excluding carboxylic acids is 4. The van der Waals surface area contributed by atoms with Crippen LogP contribution in [0.15, 0.2) is 6.07 Å². The molecule has 0 spiro atoms. The van der Waals surface area contributed by atoms with Crippen molar-refractivity contribution in [2.45, 2.75) is 126 Å². The molecule has 5 N–H and O–H groups in total. The van der Waals surface area contributed by atoms with Crippen LogP contribution in [0.1, 0.15) is 93.0 Å². The average molecular weight is 681 g/mol. The van der Waals surface area contributed by atoms with E-state index in [1.165, 1.54) is 0 Å². The van der Waals surface area contributed by atoms with Gasteiger partial charge in [-0.25, -0.2) is 0 Å². The Morgan fingerprint density at radius 1 is 0.830 bits per heavy atom. The van der Waals surface area contributed by atoms with Crippen LogP contribution in [0.25, 0.3) is 0 Å². The second-order valence-corrected chi connectivity index (χ2v) is 15.6. The van der Waals surface area contributed by atoms with Gasteiger partial charge in [0.05, 0.1) is 30.3 Å². The molecule has 270 valence electrons. The summed E-state index contributed by atoms with van der Waals surface area (Å²) < 4.78 is 1.84. The lowest BCUT2D eigenvalue weighted by atomic mass is 9.91. The Bertz CT molecular complexity index is 1140. The summed E-state index contributed by atoms with van der Waals surface area (Å²) in [5, 5.41) is 27.6. The molecule has 0 aromatic carbocycles. The Kier molecular flexibility index (Phi) is 18.7. The summed E-state index contributed by atoms with van der Waals surface area (Å²) in [6.07, 6.45) is 1.96. The average Bonchev–Trinajstić information content (AvgIpc) is 3.29. The summed E-state index contributed by atoms with van der Waals surface area (Å²) in [7, 11) is 0. The van der Waals surface area contributed by atoms with Crippen LogP contribution in [0.3, 0.4) is 0 Å². The van der Waals surface area contributed by atoms with Crippen LogP contribution in [0.2, 0.25) is 0 Å². The van der Waals surface area contributed by atoms with Crippen molar-refractivity contribution in [3.63, 3.8) is 0 Å². The van der Waals surface area contributed by atoms with Gasteiger partial charge in [-0.15, -0.1) is 0 Å². The quantitative estimate of drug-likeness (QED) is 0.132. The van der Waals surface area contributed by atoms with E-state index in [-0.39, 0.29) is 53.7 Å². The van der Waals surface area contributed by atoms with E-state index in [0.29, 0.717) is 31.7 Å². The number of nitrogens with zero attached hydrogens (tertiary/aromatic N) is 2. The van der Waals surface area contributed by atoms with Gasteiger partial charge in [0.25, 0.3) is 0 Å². The second-order valence-electron chi connectivity index (χ2n) is 14.6. The number of hydrogen-bond donors (Lipinski definition) is 5. The molecule has 0 radical (unpaired) electrons. The molecule has 47 heavy (non-hydrogen) atoms. The van der Waals surface area contributed by atoms with Crippen molar-refractivity contribution >= 4 is 35.4 Å². The number of aliphatic hydroxyl groups excluding tert-OH is 1. The topological polar surface area (TPSA) is 154 Å². The minimum atomic E-state index is -1.01. The van der Waals surface area contributed by atoms with E-state index in [1.54, 1.807) is 18.7 Å². The third-order valence-corrected chi connectivity index (χ3v) is 8.99. The first-order valence-corrected chi connectivity index (χ1v) is 18.6. The zero-order chi connectivity index (χ0) is 36.0. The van der Waals surface area contributed by atoms with Crippen LogP contribution in [0.4, 0.5) is 0 Å². The molecule has 0 fully saturated rings. The van der Waals surface area contributed by atoms with Crippen molar-refractivity contribution in [3.8, 4) is 0 Å². The van der Waals surface area contributed by atoms with Gasteiger partial charge in [-0.3, -0.25) is 23.9 Å². The predicted molar refractivity (Wildman–Crippen MR) is 191 cm³/mol. The van der Waals surface area contributed by atoms with E-state index in [4.69, 9.17) is 0 Å². The zero-order valence-electron chi connectivity index (χ0n) is 31.0. The molecule has 1 aromatic heterocycles. The summed E-state index contributed by atoms with van der Waals surface area (Å²) in [5.41, 5.74) is 1.86. The van der Waals surface area contributed by atoms with Crippen molar-refractivity contribution in [1.29, 1.82) is 0 Å². The lowest BCUT2D eigenvalue weighted by Crippen LogP contribution is -2.55. The van der Waals surface area contributed by atoms with Gasteiger partial charge < -0.3 is 26.4 Å². The smallest absolute Gasteiger partial charge is 0.242 e. The standard InChI is InChI=1S/C35H64N6O5S/c1-20(2)15-29(30(42)16-24(9)32(43)39-31(23(7)8)35(46)36-18-21(3)4)38-34(45)28(13-14-47-12)37-33(44)27(22(5)6)19-41-26(11)17-25(10)40-41/h17,20-24,27-31,42H,13-16,18-19H2,1-12H3,(H,36,46)(H,37,44)(H,38,45)(H,39,43)/t24-,27+,28+,29+,30+,31+/m1/s1. The number of amides is 4. The zero-order valence-corrected chi connectivity index (χ0v) is 31.8. The summed E-state index contributed by atoms with van der Waals surface area (Å²) in [6, 6.07) is -0.126. The predicted octanol–water partition coefficient (Wildman–Crippen LogP) is 3.84. The van der Waals surface area contributed by atoms with Crippen LogP contribution in [-0.4, -0.2) is 81.3 Å². The second kappa shape index (κ2) is 20.7. The maximum Gasteiger partial charge on any atom is 0.242 e. The van der Waals surface area contributed by atoms with Gasteiger partial charge in [0.2, 0.25) is 23.6 Å². The number of nitrogens with one attached hydrogen (secondary N) is 4. The first-order valence-electron chi connectivity index (χ1n) is 17.2. The molecular formula is C35H64N6O5S. The minimum Gasteiger partial charge on any atom is -0.391 e. The first kappa shape index (κ1) is 42.4. The van der Waals surface area contributed by atoms with Crippen LogP contribution in [0, 0.1) is 49.4 Å². The number of rotatable bonds is 21. The fraction of sp³-hybridized carbons (Fsp3) is 0.800. The largest absolute Gasteiger partial charge is 0.391 e. The Labute approximate surface area is 287 Å². The molecular weight excluding hydrogens is 616 g/mol. The van der Waals surface area contributed by atoms with Gasteiger partial charge in [0, 0.05) is 18.2 Å². The molecule has 11 nitrogen and oxygen atoms in total. The highest BCUT2D eigenvalue weighted by molar-refractivity contribution is 7.98. The van der Waals surface area contributed by atoms with Crippen molar-refractivity contribution < 1.29 is 24.3 Å². The molecule has 0 aliphatic rings. The Hall–Kier alpha value is -2.60. The van der Waals surface area contributed by atoms with Crippen molar-refractivity contribution in [1.82, 2.24) is 31.0 Å². The van der Waals surface area contributed by atoms with Crippen molar-refractivity contribution in [3.05, 3.63) is 17.5 Å². The maximum atomic E-state index is 13.7. The summed E-state index contributed by atoms with van der Waals surface area (Å²) in [5.74, 6) is -1.13. The monoisotopic (exact) mass is 680 g/mol. The van der Waals surface area contributed by atoms with E-state index >= 15 is 0 Å². The molecule has 0 bridgehead atoms. The molecule has 0 unspecified atom stereocenters. The molecule has 12 heteroatoms. The third kappa shape index (κ3) is 15.0. The number of carbonyl (C=O) groups is 4. The lowest BCUT2D eigenvalue weighted by molar-refractivity contribution is -0.133. The summed E-state index contributed by atoms with van der Waals surface area (Å²) >= 11 is 1.59. The van der Waals surface area contributed by atoms with Gasteiger partial charge in [0.15, 0.2) is 0 Å². The van der Waals surface area contributed by atoms with Crippen LogP contribution in [0.5, 0.6) is 0 Å². The van der Waals surface area contributed by atoms with Gasteiger partial charge in [-0.1, -0.05) is 62.3 Å². The molecule has 6 atom stereocenters. The number of aliphatic hydroxyl groups is 1. The SMILES string of the molecule is CSCC[C@H](NC(=O)[C@@H](Cn1nc(C)cc1C)C(C)C)C(=O)N[C@@H](CC(C)C)[C@@H](O)C[C@@H](C)C(=O)N[C@H](C(=O)NCC(C)C)C(C)C. The van der Waals surface area contributed by atoms with E-state index in [0.717, 1.165) is 11.4 Å². The molecule has 1 heterocycles. The summed E-state index contributed by atoms with van der Waals surface area (Å²) in [4.78, 5) is 53.3. The third-order valence-electron chi connectivity index (χ3n) is 8.35. The Balaban J connectivity index is 3.04. The van der Waals surface area contributed by atoms with Gasteiger partial charge in [0.1, 0.15) is 12.1 Å². The molecule has 1 rings (SSSR count). The van der Waals surface area contributed by atoms with E-state index in [1.807, 2.05) is 86.2 Å². The minimum absolute atomic E-state index is 0.0166. The highest BCUT2D eigenvalue weighted by atomic mass is 32.2. The number of thioether (sulfide) groups is 1. The first-order chi connectivity index (χ1) is 21.9. The molecule has 4 amide bonds. The highest BCUT2D eigenvalue weighted by Gasteiger charge is 2.33. The van der Waals surface area contributed by atoms with E-state index in [2.05, 4.69) is 26.4 Å². The highest BCUT2D eigenvalue weighted by Crippen LogP contribution is 2.19. The summed E-state index contributed by atoms with van der Waals surface area (Å²) in [6.45, 7) is 22.3. The fourth-order valence-electron chi connectivity index (χ4n) is 5.41. The maximum absolute atomic E-state index is 13.7. The van der Waals surface area contributed by atoms with E-state index < -0.39 is 36.1 Å². The van der Waals surface area contributed by atoms with Crippen LogP contribution in [-0.2, 0) is 25.7 Å². The lowest BCUT2D eigenvalue weighted by Gasteiger charge is -2.30. The normalized spacial score (nSPS) is 15.7.